The van der Waals surface area contributed by atoms with Crippen LogP contribution in [-0.4, -0.2) is 87.5 Å². The maximum atomic E-state index is 13.1. The summed E-state index contributed by atoms with van der Waals surface area (Å²) in [5, 5.41) is 54.7. The van der Waals surface area contributed by atoms with Crippen molar-refractivity contribution in [3.63, 3.8) is 0 Å². The molecule has 1 heterocycles. The minimum Gasteiger partial charge on any atom is -0.394 e. The first-order valence-electron chi connectivity index (χ1n) is 31.8. The number of hydrogen-bond acceptors (Lipinski definition) is 8. The molecular weight excluding hydrogens is 947 g/mol. The zero-order valence-electron chi connectivity index (χ0n) is 49.0. The van der Waals surface area contributed by atoms with Crippen molar-refractivity contribution in [3.8, 4) is 0 Å². The quantitative estimate of drug-likeness (QED) is 0.0261. The summed E-state index contributed by atoms with van der Waals surface area (Å²) < 4.78 is 11.3. The van der Waals surface area contributed by atoms with E-state index >= 15 is 0 Å². The number of hydrogen-bond donors (Lipinski definition) is 6. The van der Waals surface area contributed by atoms with Crippen LogP contribution in [0.2, 0.25) is 0 Å². The number of allylic oxidation sites excluding steroid dienone is 13. The number of nitrogens with one attached hydrogen (secondary N) is 1. The van der Waals surface area contributed by atoms with Gasteiger partial charge in [0.2, 0.25) is 5.91 Å². The number of carbonyl (C=O) groups is 1. The number of unbranched alkanes of at least 4 members (excludes halogenated alkanes) is 32. The number of carbonyl (C=O) groups excluding carboxylic acids is 1. The first kappa shape index (κ1) is 71.4. The Bertz CT molecular complexity index is 1470. The van der Waals surface area contributed by atoms with Crippen molar-refractivity contribution < 1.29 is 39.8 Å². The highest BCUT2D eigenvalue weighted by molar-refractivity contribution is 5.76. The Morgan fingerprint density at radius 1 is 0.461 bits per heavy atom. The molecule has 76 heavy (non-hydrogen) atoms. The fourth-order valence-corrected chi connectivity index (χ4v) is 9.75. The van der Waals surface area contributed by atoms with Crippen molar-refractivity contribution in [1.29, 1.82) is 0 Å². The molecule has 1 amide bonds. The molecular formula is C67H119NO8. The van der Waals surface area contributed by atoms with E-state index in [4.69, 9.17) is 9.47 Å². The molecule has 7 atom stereocenters. The summed E-state index contributed by atoms with van der Waals surface area (Å²) >= 11 is 0. The molecule has 1 saturated heterocycles. The van der Waals surface area contributed by atoms with E-state index in [1.165, 1.54) is 154 Å². The van der Waals surface area contributed by atoms with Gasteiger partial charge in [-0.05, 0) is 70.6 Å². The molecule has 1 fully saturated rings. The molecule has 9 heteroatoms. The summed E-state index contributed by atoms with van der Waals surface area (Å²) in [6.45, 7) is 3.68. The van der Waals surface area contributed by atoms with Gasteiger partial charge in [-0.2, -0.15) is 0 Å². The van der Waals surface area contributed by atoms with Gasteiger partial charge in [0, 0.05) is 6.42 Å². The third kappa shape index (κ3) is 44.2. The van der Waals surface area contributed by atoms with Gasteiger partial charge in [0.1, 0.15) is 24.4 Å². The van der Waals surface area contributed by atoms with Gasteiger partial charge in [-0.3, -0.25) is 4.79 Å². The van der Waals surface area contributed by atoms with Gasteiger partial charge < -0.3 is 40.3 Å². The third-order valence-electron chi connectivity index (χ3n) is 14.7. The smallest absolute Gasteiger partial charge is 0.220 e. The average molecular weight is 1070 g/mol. The number of aliphatic hydroxyl groups excluding tert-OH is 5. The maximum Gasteiger partial charge on any atom is 0.220 e. The highest BCUT2D eigenvalue weighted by Gasteiger charge is 2.44. The van der Waals surface area contributed by atoms with Crippen molar-refractivity contribution in [2.24, 2.45) is 0 Å². The molecule has 7 unspecified atom stereocenters. The van der Waals surface area contributed by atoms with Crippen molar-refractivity contribution in [2.75, 3.05) is 13.2 Å². The summed E-state index contributed by atoms with van der Waals surface area (Å²) in [4.78, 5) is 13.1. The van der Waals surface area contributed by atoms with Crippen LogP contribution in [0.25, 0.3) is 0 Å². The standard InChI is InChI=1S/C67H119NO8/c1-3-5-7-9-11-13-15-17-19-21-23-25-27-29-30-31-33-34-36-38-40-42-44-46-48-50-52-54-56-61(70)60(59-75-67-66(74)65(73)64(72)62(58-69)76-67)68-63(71)57-55-53-51-49-47-45-43-41-39-37-35-32-28-26-24-22-20-18-16-14-12-10-8-6-4-2/h6,8,12,14,18,20,24,26,32,35,39,41,54,56,60-62,64-67,69-70,72-74H,3-5,7,9-11,13,15-17,19,21-23,25,27-31,33-34,36-38,40,42-53,55,57-59H2,1-2H3,(H,68,71)/b8-6-,14-12-,20-18-,26-24-,35-32-,41-39-,56-54+. The Labute approximate surface area is 467 Å². The molecule has 9 nitrogen and oxygen atoms in total. The summed E-state index contributed by atoms with van der Waals surface area (Å²) in [5.74, 6) is -0.192. The summed E-state index contributed by atoms with van der Waals surface area (Å²) in [7, 11) is 0. The van der Waals surface area contributed by atoms with Crippen LogP contribution in [0.15, 0.2) is 85.1 Å². The van der Waals surface area contributed by atoms with E-state index in [2.05, 4.69) is 92.1 Å². The van der Waals surface area contributed by atoms with Crippen LogP contribution in [-0.2, 0) is 14.3 Å². The predicted octanol–water partition coefficient (Wildman–Crippen LogP) is 16.6. The third-order valence-corrected chi connectivity index (χ3v) is 14.7. The van der Waals surface area contributed by atoms with E-state index in [0.717, 1.165) is 103 Å². The molecule has 1 aliphatic heterocycles. The molecule has 1 aliphatic rings. The molecule has 0 aromatic heterocycles. The van der Waals surface area contributed by atoms with Crippen LogP contribution in [0.3, 0.4) is 0 Å². The predicted molar refractivity (Wildman–Crippen MR) is 322 cm³/mol. The van der Waals surface area contributed by atoms with Gasteiger partial charge in [0.05, 0.1) is 25.4 Å². The van der Waals surface area contributed by atoms with Gasteiger partial charge >= 0.3 is 0 Å². The van der Waals surface area contributed by atoms with Gasteiger partial charge in [-0.1, -0.05) is 285 Å². The topological polar surface area (TPSA) is 149 Å². The van der Waals surface area contributed by atoms with Gasteiger partial charge in [0.15, 0.2) is 6.29 Å². The average Bonchev–Trinajstić information content (AvgIpc) is 3.42. The molecule has 440 valence electrons. The lowest BCUT2D eigenvalue weighted by atomic mass is 9.99. The van der Waals surface area contributed by atoms with Crippen LogP contribution in [0.1, 0.15) is 277 Å². The van der Waals surface area contributed by atoms with E-state index < -0.39 is 49.5 Å². The fourth-order valence-electron chi connectivity index (χ4n) is 9.75. The second kappa shape index (κ2) is 55.7. The lowest BCUT2D eigenvalue weighted by molar-refractivity contribution is -0.302. The lowest BCUT2D eigenvalue weighted by Crippen LogP contribution is -2.60. The van der Waals surface area contributed by atoms with Crippen LogP contribution >= 0.6 is 0 Å². The number of ether oxygens (including phenoxy) is 2. The normalized spacial score (nSPS) is 19.4. The molecule has 0 aromatic carbocycles. The van der Waals surface area contributed by atoms with Crippen molar-refractivity contribution in [3.05, 3.63) is 85.1 Å². The molecule has 0 aromatic rings. The van der Waals surface area contributed by atoms with Crippen molar-refractivity contribution >= 4 is 5.91 Å². The van der Waals surface area contributed by atoms with Gasteiger partial charge in [-0.15, -0.1) is 0 Å². The van der Waals surface area contributed by atoms with E-state index in [9.17, 15) is 30.3 Å². The maximum absolute atomic E-state index is 13.1. The van der Waals surface area contributed by atoms with E-state index in [-0.39, 0.29) is 12.5 Å². The molecule has 0 radical (unpaired) electrons. The highest BCUT2D eigenvalue weighted by Crippen LogP contribution is 2.23. The summed E-state index contributed by atoms with van der Waals surface area (Å²) in [6, 6.07) is -0.820. The Hall–Kier alpha value is -2.63. The first-order chi connectivity index (χ1) is 37.3. The molecule has 0 spiro atoms. The van der Waals surface area contributed by atoms with Crippen molar-refractivity contribution in [2.45, 2.75) is 320 Å². The minimum atomic E-state index is -1.58. The largest absolute Gasteiger partial charge is 0.394 e. The summed E-state index contributed by atoms with van der Waals surface area (Å²) in [6.07, 6.45) is 72.3. The highest BCUT2D eigenvalue weighted by atomic mass is 16.7. The second-order valence-corrected chi connectivity index (χ2v) is 21.8. The molecule has 0 saturated carbocycles. The van der Waals surface area contributed by atoms with Gasteiger partial charge in [0.25, 0.3) is 0 Å². The van der Waals surface area contributed by atoms with E-state index in [0.29, 0.717) is 6.42 Å². The fraction of sp³-hybridized carbons (Fsp3) is 0.776. The Morgan fingerprint density at radius 3 is 1.21 bits per heavy atom. The number of rotatable bonds is 54. The number of aliphatic hydroxyl groups is 5. The Balaban J connectivity index is 2.21. The lowest BCUT2D eigenvalue weighted by Gasteiger charge is -2.40. The number of amides is 1. The van der Waals surface area contributed by atoms with Crippen LogP contribution < -0.4 is 5.32 Å². The van der Waals surface area contributed by atoms with E-state index in [1.807, 2.05) is 6.08 Å². The SMILES string of the molecule is CC/C=C\C/C=C\C/C=C\C/C=C\C/C=C\C/C=C\CCCCCCCCC(=O)NC(COC1OC(CO)C(O)C(O)C1O)C(O)/C=C/CCCCCCCCCCCCCCCCCCCCCCCCCCCC. The zero-order chi connectivity index (χ0) is 55.0. The first-order valence-corrected chi connectivity index (χ1v) is 31.8. The zero-order valence-corrected chi connectivity index (χ0v) is 49.0. The monoisotopic (exact) mass is 1070 g/mol. The van der Waals surface area contributed by atoms with Gasteiger partial charge in [-0.25, -0.2) is 0 Å². The summed E-state index contributed by atoms with van der Waals surface area (Å²) in [5.41, 5.74) is 0. The molecule has 0 aliphatic carbocycles. The van der Waals surface area contributed by atoms with Crippen LogP contribution in [0.5, 0.6) is 0 Å². The Kier molecular flexibility index (Phi) is 52.3. The minimum absolute atomic E-state index is 0.192. The van der Waals surface area contributed by atoms with E-state index in [1.54, 1.807) is 6.08 Å². The van der Waals surface area contributed by atoms with Crippen LogP contribution in [0.4, 0.5) is 0 Å². The molecule has 0 bridgehead atoms. The molecule has 1 rings (SSSR count). The Morgan fingerprint density at radius 2 is 0.816 bits per heavy atom. The van der Waals surface area contributed by atoms with Crippen LogP contribution in [0, 0.1) is 0 Å². The van der Waals surface area contributed by atoms with Crippen molar-refractivity contribution in [1.82, 2.24) is 5.32 Å². The second-order valence-electron chi connectivity index (χ2n) is 21.8. The molecule has 6 N–H and O–H groups in total.